The van der Waals surface area contributed by atoms with Crippen LogP contribution in [0.25, 0.3) is 17.1 Å². The third-order valence-electron chi connectivity index (χ3n) is 4.22. The zero-order chi connectivity index (χ0) is 20.9. The second kappa shape index (κ2) is 9.34. The Morgan fingerprint density at radius 2 is 1.63 bits per heavy atom. The van der Waals surface area contributed by atoms with Crippen LogP contribution in [0.5, 0.6) is 0 Å². The van der Waals surface area contributed by atoms with Crippen molar-refractivity contribution >= 4 is 46.6 Å². The van der Waals surface area contributed by atoms with E-state index in [9.17, 15) is 4.79 Å². The number of aromatic nitrogens is 3. The van der Waals surface area contributed by atoms with Gasteiger partial charge in [0, 0.05) is 16.3 Å². The number of rotatable bonds is 6. The van der Waals surface area contributed by atoms with E-state index in [-0.39, 0.29) is 11.7 Å². The molecule has 0 saturated carbocycles. The maximum atomic E-state index is 12.5. The van der Waals surface area contributed by atoms with Gasteiger partial charge < -0.3 is 5.32 Å². The van der Waals surface area contributed by atoms with Crippen LogP contribution < -0.4 is 5.32 Å². The number of halogens is 2. The summed E-state index contributed by atoms with van der Waals surface area (Å²) in [7, 11) is 0. The zero-order valence-corrected chi connectivity index (χ0v) is 18.0. The van der Waals surface area contributed by atoms with Crippen LogP contribution in [0.4, 0.5) is 5.69 Å². The molecule has 0 aliphatic carbocycles. The minimum absolute atomic E-state index is 0.151. The Balaban J connectivity index is 1.57. The molecular formula is C22H16Cl2N4OS. The van der Waals surface area contributed by atoms with Gasteiger partial charge >= 0.3 is 0 Å². The van der Waals surface area contributed by atoms with Crippen molar-refractivity contribution in [3.05, 3.63) is 88.9 Å². The van der Waals surface area contributed by atoms with E-state index in [1.165, 1.54) is 11.8 Å². The summed E-state index contributed by atoms with van der Waals surface area (Å²) in [5, 5.41) is 13.0. The van der Waals surface area contributed by atoms with Crippen LogP contribution in [0.15, 0.2) is 84.0 Å². The summed E-state index contributed by atoms with van der Waals surface area (Å²) >= 11 is 13.3. The Hall–Kier alpha value is -2.80. The van der Waals surface area contributed by atoms with Crippen molar-refractivity contribution in [3.8, 4) is 17.1 Å². The lowest BCUT2D eigenvalue weighted by atomic mass is 10.2. The van der Waals surface area contributed by atoms with Gasteiger partial charge in [-0.15, -0.1) is 10.2 Å². The van der Waals surface area contributed by atoms with E-state index >= 15 is 0 Å². The highest BCUT2D eigenvalue weighted by atomic mass is 35.5. The molecular weight excluding hydrogens is 439 g/mol. The number of para-hydroxylation sites is 1. The van der Waals surface area contributed by atoms with Crippen LogP contribution in [0, 0.1) is 0 Å². The molecule has 1 heterocycles. The first kappa shape index (κ1) is 20.5. The molecule has 1 amide bonds. The number of anilines is 1. The molecule has 0 bridgehead atoms. The fourth-order valence-electron chi connectivity index (χ4n) is 2.85. The number of hydrogen-bond donors (Lipinski definition) is 1. The van der Waals surface area contributed by atoms with Crippen molar-refractivity contribution in [2.45, 2.75) is 5.16 Å². The number of nitrogens with zero attached hydrogens (tertiary/aromatic N) is 3. The molecule has 30 heavy (non-hydrogen) atoms. The molecule has 0 atom stereocenters. The monoisotopic (exact) mass is 454 g/mol. The average molecular weight is 455 g/mol. The van der Waals surface area contributed by atoms with Crippen molar-refractivity contribution < 1.29 is 4.79 Å². The molecule has 4 rings (SSSR count). The van der Waals surface area contributed by atoms with E-state index in [0.717, 1.165) is 11.3 Å². The summed E-state index contributed by atoms with van der Waals surface area (Å²) in [5.74, 6) is 0.664. The van der Waals surface area contributed by atoms with Gasteiger partial charge in [0.05, 0.1) is 16.5 Å². The summed E-state index contributed by atoms with van der Waals surface area (Å²) in [6.45, 7) is 0. The first-order valence-electron chi connectivity index (χ1n) is 9.06. The highest BCUT2D eigenvalue weighted by molar-refractivity contribution is 7.99. The van der Waals surface area contributed by atoms with Crippen LogP contribution in [-0.2, 0) is 4.79 Å². The molecule has 5 nitrogen and oxygen atoms in total. The molecule has 0 saturated heterocycles. The molecule has 1 aromatic heterocycles. The number of hydrogen-bond acceptors (Lipinski definition) is 4. The van der Waals surface area contributed by atoms with Gasteiger partial charge in [0.2, 0.25) is 5.91 Å². The van der Waals surface area contributed by atoms with Crippen LogP contribution in [0.1, 0.15) is 0 Å². The largest absolute Gasteiger partial charge is 0.324 e. The first-order chi connectivity index (χ1) is 14.6. The summed E-state index contributed by atoms with van der Waals surface area (Å²) in [6.07, 6.45) is 0. The molecule has 150 valence electrons. The van der Waals surface area contributed by atoms with Gasteiger partial charge in [-0.1, -0.05) is 83.5 Å². The Kier molecular flexibility index (Phi) is 6.38. The van der Waals surface area contributed by atoms with E-state index in [1.807, 2.05) is 65.2 Å². The normalized spacial score (nSPS) is 10.7. The van der Waals surface area contributed by atoms with Gasteiger partial charge in [0.15, 0.2) is 11.0 Å². The molecule has 4 aromatic rings. The van der Waals surface area contributed by atoms with Crippen LogP contribution in [-0.4, -0.2) is 26.4 Å². The van der Waals surface area contributed by atoms with Crippen molar-refractivity contribution in [2.75, 3.05) is 11.1 Å². The Morgan fingerprint density at radius 1 is 0.933 bits per heavy atom. The van der Waals surface area contributed by atoms with Crippen molar-refractivity contribution in [3.63, 3.8) is 0 Å². The van der Waals surface area contributed by atoms with Gasteiger partial charge in [0.1, 0.15) is 0 Å². The fourth-order valence-corrected chi connectivity index (χ4v) is 4.06. The number of carbonyl (C=O) groups is 1. The van der Waals surface area contributed by atoms with Gasteiger partial charge in [-0.3, -0.25) is 9.36 Å². The summed E-state index contributed by atoms with van der Waals surface area (Å²) in [4.78, 5) is 12.5. The summed E-state index contributed by atoms with van der Waals surface area (Å²) < 4.78 is 1.95. The Bertz CT molecular complexity index is 1170. The van der Waals surface area contributed by atoms with E-state index < -0.39 is 0 Å². The molecule has 1 N–H and O–H groups in total. The number of nitrogens with one attached hydrogen (secondary N) is 1. The number of amides is 1. The van der Waals surface area contributed by atoms with Gasteiger partial charge in [-0.25, -0.2) is 0 Å². The van der Waals surface area contributed by atoms with E-state index in [1.54, 1.807) is 18.2 Å². The minimum atomic E-state index is -0.201. The number of carbonyl (C=O) groups excluding carboxylic acids is 1. The van der Waals surface area contributed by atoms with E-state index in [4.69, 9.17) is 23.2 Å². The Morgan fingerprint density at radius 3 is 2.33 bits per heavy atom. The second-order valence-corrected chi connectivity index (χ2v) is 8.09. The Labute approximate surface area is 188 Å². The van der Waals surface area contributed by atoms with E-state index in [0.29, 0.717) is 26.7 Å². The van der Waals surface area contributed by atoms with Crippen molar-refractivity contribution in [1.82, 2.24) is 14.8 Å². The highest BCUT2D eigenvalue weighted by Gasteiger charge is 2.17. The molecule has 3 aromatic carbocycles. The van der Waals surface area contributed by atoms with Crippen molar-refractivity contribution in [2.24, 2.45) is 0 Å². The highest BCUT2D eigenvalue weighted by Crippen LogP contribution is 2.29. The standard InChI is InChI=1S/C22H16Cl2N4OS/c23-16-11-12-19(18(24)13-16)25-20(29)14-30-22-27-26-21(15-7-3-1-4-8-15)28(22)17-9-5-2-6-10-17/h1-13H,14H2,(H,25,29). The number of thioether (sulfide) groups is 1. The number of benzene rings is 3. The lowest BCUT2D eigenvalue weighted by Gasteiger charge is -2.11. The van der Waals surface area contributed by atoms with E-state index in [2.05, 4.69) is 15.5 Å². The summed E-state index contributed by atoms with van der Waals surface area (Å²) in [6, 6.07) is 24.6. The predicted molar refractivity (Wildman–Crippen MR) is 123 cm³/mol. The third kappa shape index (κ3) is 4.67. The lowest BCUT2D eigenvalue weighted by Crippen LogP contribution is -2.15. The zero-order valence-electron chi connectivity index (χ0n) is 15.6. The quantitative estimate of drug-likeness (QED) is 0.364. The molecule has 0 aliphatic rings. The SMILES string of the molecule is O=C(CSc1nnc(-c2ccccc2)n1-c1ccccc1)Nc1ccc(Cl)cc1Cl. The van der Waals surface area contributed by atoms with Gasteiger partial charge in [-0.2, -0.15) is 0 Å². The topological polar surface area (TPSA) is 59.8 Å². The third-order valence-corrected chi connectivity index (χ3v) is 5.69. The lowest BCUT2D eigenvalue weighted by molar-refractivity contribution is -0.113. The smallest absolute Gasteiger partial charge is 0.234 e. The van der Waals surface area contributed by atoms with Gasteiger partial charge in [-0.05, 0) is 30.3 Å². The van der Waals surface area contributed by atoms with Crippen LogP contribution in [0.2, 0.25) is 10.0 Å². The maximum Gasteiger partial charge on any atom is 0.234 e. The first-order valence-corrected chi connectivity index (χ1v) is 10.8. The fraction of sp³-hybridized carbons (Fsp3) is 0.0455. The second-order valence-electron chi connectivity index (χ2n) is 6.30. The predicted octanol–water partition coefficient (Wildman–Crippen LogP) is 5.97. The summed E-state index contributed by atoms with van der Waals surface area (Å²) in [5.41, 5.74) is 2.38. The van der Waals surface area contributed by atoms with Gasteiger partial charge in [0.25, 0.3) is 0 Å². The average Bonchev–Trinajstić information content (AvgIpc) is 3.19. The van der Waals surface area contributed by atoms with Crippen molar-refractivity contribution in [1.29, 1.82) is 0 Å². The molecule has 0 spiro atoms. The van der Waals surface area contributed by atoms with Crippen LogP contribution in [0.3, 0.4) is 0 Å². The molecule has 0 radical (unpaired) electrons. The molecule has 0 aliphatic heterocycles. The molecule has 0 fully saturated rings. The molecule has 0 unspecified atom stereocenters. The maximum absolute atomic E-state index is 12.5. The van der Waals surface area contributed by atoms with Crippen LogP contribution >= 0.6 is 35.0 Å². The molecule has 8 heteroatoms. The minimum Gasteiger partial charge on any atom is -0.324 e.